The van der Waals surface area contributed by atoms with Crippen molar-refractivity contribution in [2.75, 3.05) is 13.1 Å². The van der Waals surface area contributed by atoms with Crippen LogP contribution in [0.2, 0.25) is 0 Å². The van der Waals surface area contributed by atoms with Crippen LogP contribution in [0, 0.1) is 11.8 Å². The highest BCUT2D eigenvalue weighted by Gasteiger charge is 2.31. The Morgan fingerprint density at radius 2 is 1.30 bits per heavy atom. The van der Waals surface area contributed by atoms with E-state index >= 15 is 0 Å². The van der Waals surface area contributed by atoms with Crippen molar-refractivity contribution in [3.05, 3.63) is 65.7 Å². The molecular weight excluding hydrogens is 433 g/mol. The molecule has 2 rings (SSSR count). The standard InChI is InChI=1S/C25H31F3N2O3/c1-18(2)19(10-6-16-29-23(31)20-8-4-3-5-9-20)11-7-17-30-24(32)21-12-14-22(15-13-21)33-25(26,27)28/h3-5,8-9,12-15,18-19H,6-7,10-11,16-17H2,1-2H3,(H,29,31)(H,30,32). The predicted octanol–water partition coefficient (Wildman–Crippen LogP) is 5.58. The zero-order valence-electron chi connectivity index (χ0n) is 19.0. The lowest BCUT2D eigenvalue weighted by Gasteiger charge is -2.21. The van der Waals surface area contributed by atoms with E-state index in [9.17, 15) is 22.8 Å². The maximum atomic E-state index is 12.2. The summed E-state index contributed by atoms with van der Waals surface area (Å²) >= 11 is 0. The third kappa shape index (κ3) is 9.97. The first kappa shape index (κ1) is 26.2. The first-order valence-electron chi connectivity index (χ1n) is 11.1. The first-order valence-corrected chi connectivity index (χ1v) is 11.1. The molecule has 2 amide bonds. The van der Waals surface area contributed by atoms with Gasteiger partial charge < -0.3 is 15.4 Å². The van der Waals surface area contributed by atoms with Gasteiger partial charge in [-0.15, -0.1) is 13.2 Å². The van der Waals surface area contributed by atoms with Gasteiger partial charge in [0.2, 0.25) is 0 Å². The van der Waals surface area contributed by atoms with E-state index in [1.807, 2.05) is 18.2 Å². The van der Waals surface area contributed by atoms with Crippen LogP contribution < -0.4 is 15.4 Å². The molecule has 0 radical (unpaired) electrons. The summed E-state index contributed by atoms with van der Waals surface area (Å²) in [5.41, 5.74) is 0.926. The lowest BCUT2D eigenvalue weighted by molar-refractivity contribution is -0.274. The molecule has 33 heavy (non-hydrogen) atoms. The van der Waals surface area contributed by atoms with Crippen molar-refractivity contribution in [1.82, 2.24) is 10.6 Å². The summed E-state index contributed by atoms with van der Waals surface area (Å²) in [6.45, 7) is 5.42. The smallest absolute Gasteiger partial charge is 0.406 e. The van der Waals surface area contributed by atoms with E-state index in [4.69, 9.17) is 0 Å². The van der Waals surface area contributed by atoms with Crippen LogP contribution in [-0.2, 0) is 0 Å². The average molecular weight is 465 g/mol. The Hall–Kier alpha value is -3.03. The van der Waals surface area contributed by atoms with E-state index in [2.05, 4.69) is 29.2 Å². The molecule has 0 aliphatic heterocycles. The molecule has 2 N–H and O–H groups in total. The Labute approximate surface area is 192 Å². The second kappa shape index (κ2) is 12.9. The second-order valence-corrected chi connectivity index (χ2v) is 8.24. The molecule has 0 bridgehead atoms. The summed E-state index contributed by atoms with van der Waals surface area (Å²) in [4.78, 5) is 24.3. The van der Waals surface area contributed by atoms with Gasteiger partial charge >= 0.3 is 6.36 Å². The molecule has 0 aliphatic rings. The number of carbonyl (C=O) groups is 2. The number of alkyl halides is 3. The van der Waals surface area contributed by atoms with Crippen molar-refractivity contribution >= 4 is 11.8 Å². The fourth-order valence-electron chi connectivity index (χ4n) is 3.54. The number of carbonyl (C=O) groups excluding carboxylic acids is 2. The number of hydrogen-bond donors (Lipinski definition) is 2. The van der Waals surface area contributed by atoms with Crippen LogP contribution in [0.15, 0.2) is 54.6 Å². The number of rotatable bonds is 12. The van der Waals surface area contributed by atoms with Crippen molar-refractivity contribution in [3.63, 3.8) is 0 Å². The molecule has 0 saturated carbocycles. The van der Waals surface area contributed by atoms with Gasteiger partial charge in [-0.1, -0.05) is 32.0 Å². The van der Waals surface area contributed by atoms with Gasteiger partial charge in [0.1, 0.15) is 5.75 Å². The summed E-state index contributed by atoms with van der Waals surface area (Å²) in [6.07, 6.45) is -1.19. The lowest BCUT2D eigenvalue weighted by atomic mass is 9.87. The highest BCUT2D eigenvalue weighted by atomic mass is 19.4. The van der Waals surface area contributed by atoms with Crippen molar-refractivity contribution < 1.29 is 27.5 Å². The van der Waals surface area contributed by atoms with Crippen molar-refractivity contribution in [2.45, 2.75) is 45.9 Å². The lowest BCUT2D eigenvalue weighted by Crippen LogP contribution is -2.26. The second-order valence-electron chi connectivity index (χ2n) is 8.24. The minimum Gasteiger partial charge on any atom is -0.406 e. The minimum atomic E-state index is -4.76. The molecule has 0 spiro atoms. The molecule has 0 saturated heterocycles. The zero-order chi connectivity index (χ0) is 24.3. The highest BCUT2D eigenvalue weighted by Crippen LogP contribution is 2.23. The van der Waals surface area contributed by atoms with Gasteiger partial charge in [-0.2, -0.15) is 0 Å². The molecule has 1 atom stereocenters. The van der Waals surface area contributed by atoms with E-state index in [0.29, 0.717) is 30.5 Å². The van der Waals surface area contributed by atoms with Gasteiger partial charge in [0, 0.05) is 24.2 Å². The number of ether oxygens (including phenoxy) is 1. The van der Waals surface area contributed by atoms with E-state index < -0.39 is 6.36 Å². The summed E-state index contributed by atoms with van der Waals surface area (Å²) in [5, 5.41) is 5.75. The predicted molar refractivity (Wildman–Crippen MR) is 121 cm³/mol. The van der Waals surface area contributed by atoms with Gasteiger partial charge in [-0.25, -0.2) is 0 Å². The van der Waals surface area contributed by atoms with E-state index in [0.717, 1.165) is 37.8 Å². The Kier molecular flexibility index (Phi) is 10.2. The van der Waals surface area contributed by atoms with Crippen molar-refractivity contribution in [3.8, 4) is 5.75 Å². The van der Waals surface area contributed by atoms with Gasteiger partial charge in [0.15, 0.2) is 0 Å². The third-order valence-corrected chi connectivity index (χ3v) is 5.40. The quantitative estimate of drug-likeness (QED) is 0.403. The number of halogens is 3. The molecule has 2 aromatic carbocycles. The third-order valence-electron chi connectivity index (χ3n) is 5.40. The normalized spacial score (nSPS) is 12.3. The Balaban J connectivity index is 1.67. The van der Waals surface area contributed by atoms with E-state index in [1.165, 1.54) is 12.1 Å². The van der Waals surface area contributed by atoms with E-state index in [-0.39, 0.29) is 23.1 Å². The van der Waals surface area contributed by atoms with Gasteiger partial charge in [0.25, 0.3) is 11.8 Å². The topological polar surface area (TPSA) is 67.4 Å². The number of amides is 2. The van der Waals surface area contributed by atoms with Crippen LogP contribution in [0.3, 0.4) is 0 Å². The molecule has 2 aromatic rings. The fourth-order valence-corrected chi connectivity index (χ4v) is 3.54. The Morgan fingerprint density at radius 3 is 1.76 bits per heavy atom. The fraction of sp³-hybridized carbons (Fsp3) is 0.440. The SMILES string of the molecule is CC(C)C(CCCNC(=O)c1ccccc1)CCCNC(=O)c1ccc(OC(F)(F)F)cc1. The molecule has 8 heteroatoms. The molecule has 1 unspecified atom stereocenters. The first-order chi connectivity index (χ1) is 15.7. The monoisotopic (exact) mass is 464 g/mol. The van der Waals surface area contributed by atoms with Crippen LogP contribution in [-0.4, -0.2) is 31.3 Å². The number of benzene rings is 2. The van der Waals surface area contributed by atoms with Crippen LogP contribution in [0.5, 0.6) is 5.75 Å². The Morgan fingerprint density at radius 1 is 0.818 bits per heavy atom. The summed E-state index contributed by atoms with van der Waals surface area (Å²) in [7, 11) is 0. The van der Waals surface area contributed by atoms with Crippen molar-refractivity contribution in [2.24, 2.45) is 11.8 Å². The number of hydrogen-bond acceptors (Lipinski definition) is 3. The molecule has 5 nitrogen and oxygen atoms in total. The molecule has 0 aromatic heterocycles. The summed E-state index contributed by atoms with van der Waals surface area (Å²) in [5.74, 6) is 0.176. The van der Waals surface area contributed by atoms with Crippen LogP contribution in [0.1, 0.15) is 60.2 Å². The van der Waals surface area contributed by atoms with Crippen LogP contribution in [0.4, 0.5) is 13.2 Å². The van der Waals surface area contributed by atoms with Crippen molar-refractivity contribution in [1.29, 1.82) is 0 Å². The number of nitrogens with one attached hydrogen (secondary N) is 2. The van der Waals surface area contributed by atoms with Gasteiger partial charge in [0.05, 0.1) is 0 Å². The zero-order valence-corrected chi connectivity index (χ0v) is 19.0. The summed E-state index contributed by atoms with van der Waals surface area (Å²) < 4.78 is 40.4. The largest absolute Gasteiger partial charge is 0.573 e. The minimum absolute atomic E-state index is 0.0718. The average Bonchev–Trinajstić information content (AvgIpc) is 2.77. The molecular formula is C25H31F3N2O3. The molecule has 180 valence electrons. The maximum Gasteiger partial charge on any atom is 0.573 e. The molecule has 0 aliphatic carbocycles. The molecule has 0 heterocycles. The Bertz CT molecular complexity index is 869. The van der Waals surface area contributed by atoms with E-state index in [1.54, 1.807) is 12.1 Å². The van der Waals surface area contributed by atoms with Crippen LogP contribution >= 0.6 is 0 Å². The highest BCUT2D eigenvalue weighted by molar-refractivity contribution is 5.94. The molecule has 0 fully saturated rings. The van der Waals surface area contributed by atoms with Gasteiger partial charge in [-0.3, -0.25) is 9.59 Å². The van der Waals surface area contributed by atoms with Crippen LogP contribution in [0.25, 0.3) is 0 Å². The maximum absolute atomic E-state index is 12.2. The van der Waals surface area contributed by atoms with Gasteiger partial charge in [-0.05, 0) is 73.9 Å². The summed E-state index contributed by atoms with van der Waals surface area (Å²) in [6, 6.07) is 13.9.